The average molecular weight is 260 g/mol. The SMILES string of the molecule is CC(C)CN(C(=O)c1ccc2c(c1)CNC2)C(C)C. The lowest BCUT2D eigenvalue weighted by Gasteiger charge is -2.28. The number of hydrogen-bond donors (Lipinski definition) is 1. The molecule has 0 unspecified atom stereocenters. The maximum absolute atomic E-state index is 12.6. The fraction of sp³-hybridized carbons (Fsp3) is 0.562. The minimum absolute atomic E-state index is 0.151. The first-order valence-corrected chi connectivity index (χ1v) is 7.12. The summed E-state index contributed by atoms with van der Waals surface area (Å²) in [6.07, 6.45) is 0. The lowest BCUT2D eigenvalue weighted by Crippen LogP contribution is -2.39. The predicted molar refractivity (Wildman–Crippen MR) is 78.0 cm³/mol. The highest BCUT2D eigenvalue weighted by atomic mass is 16.2. The third kappa shape index (κ3) is 3.16. The van der Waals surface area contributed by atoms with Crippen LogP contribution < -0.4 is 5.32 Å². The van der Waals surface area contributed by atoms with E-state index in [-0.39, 0.29) is 11.9 Å². The topological polar surface area (TPSA) is 32.3 Å². The lowest BCUT2D eigenvalue weighted by atomic mass is 10.0. The summed E-state index contributed by atoms with van der Waals surface area (Å²) in [7, 11) is 0. The number of rotatable bonds is 4. The highest BCUT2D eigenvalue weighted by Crippen LogP contribution is 2.19. The normalized spacial score (nSPS) is 14.0. The first-order valence-electron chi connectivity index (χ1n) is 7.12. The zero-order valence-corrected chi connectivity index (χ0v) is 12.4. The highest BCUT2D eigenvalue weighted by molar-refractivity contribution is 5.94. The minimum atomic E-state index is 0.151. The van der Waals surface area contributed by atoms with Crippen molar-refractivity contribution in [2.24, 2.45) is 5.92 Å². The van der Waals surface area contributed by atoms with Crippen molar-refractivity contribution in [1.29, 1.82) is 0 Å². The maximum Gasteiger partial charge on any atom is 0.254 e. The molecular formula is C16H24N2O. The van der Waals surface area contributed by atoms with Gasteiger partial charge in [-0.1, -0.05) is 19.9 Å². The Kier molecular flexibility index (Phi) is 4.25. The predicted octanol–water partition coefficient (Wildman–Crippen LogP) is 2.80. The average Bonchev–Trinajstić information content (AvgIpc) is 2.81. The summed E-state index contributed by atoms with van der Waals surface area (Å²) in [4.78, 5) is 14.6. The summed E-state index contributed by atoms with van der Waals surface area (Å²) in [5.74, 6) is 0.640. The number of nitrogens with one attached hydrogen (secondary N) is 1. The summed E-state index contributed by atoms with van der Waals surface area (Å²) >= 11 is 0. The molecule has 2 rings (SSSR count). The van der Waals surface area contributed by atoms with E-state index in [9.17, 15) is 4.79 Å². The molecule has 0 fully saturated rings. The molecule has 0 radical (unpaired) electrons. The van der Waals surface area contributed by atoms with Crippen LogP contribution in [0.25, 0.3) is 0 Å². The summed E-state index contributed by atoms with van der Waals surface area (Å²) in [5.41, 5.74) is 3.40. The van der Waals surface area contributed by atoms with Crippen LogP contribution in [0.2, 0.25) is 0 Å². The van der Waals surface area contributed by atoms with Crippen molar-refractivity contribution in [2.75, 3.05) is 6.54 Å². The quantitative estimate of drug-likeness (QED) is 0.903. The van der Waals surface area contributed by atoms with Gasteiger partial charge in [0.25, 0.3) is 5.91 Å². The van der Waals surface area contributed by atoms with Crippen molar-refractivity contribution in [3.8, 4) is 0 Å². The monoisotopic (exact) mass is 260 g/mol. The van der Waals surface area contributed by atoms with Crippen molar-refractivity contribution in [2.45, 2.75) is 46.8 Å². The van der Waals surface area contributed by atoms with Crippen molar-refractivity contribution in [3.05, 3.63) is 34.9 Å². The third-order valence-electron chi connectivity index (χ3n) is 3.53. The largest absolute Gasteiger partial charge is 0.336 e. The Labute approximate surface area is 116 Å². The van der Waals surface area contributed by atoms with E-state index in [2.05, 4.69) is 39.1 Å². The van der Waals surface area contributed by atoms with E-state index >= 15 is 0 Å². The number of fused-ring (bicyclic) bond motifs is 1. The fourth-order valence-electron chi connectivity index (χ4n) is 2.52. The number of nitrogens with zero attached hydrogens (tertiary/aromatic N) is 1. The minimum Gasteiger partial charge on any atom is -0.336 e. The van der Waals surface area contributed by atoms with E-state index in [0.717, 1.165) is 25.2 Å². The molecular weight excluding hydrogens is 236 g/mol. The van der Waals surface area contributed by atoms with Crippen LogP contribution in [0.4, 0.5) is 0 Å². The molecule has 0 bridgehead atoms. The molecule has 3 heteroatoms. The lowest BCUT2D eigenvalue weighted by molar-refractivity contribution is 0.0682. The van der Waals surface area contributed by atoms with Crippen LogP contribution in [-0.2, 0) is 13.1 Å². The van der Waals surface area contributed by atoms with Gasteiger partial charge >= 0.3 is 0 Å². The zero-order chi connectivity index (χ0) is 14.0. The highest BCUT2D eigenvalue weighted by Gasteiger charge is 2.21. The van der Waals surface area contributed by atoms with Gasteiger partial charge < -0.3 is 10.2 Å². The fourth-order valence-corrected chi connectivity index (χ4v) is 2.52. The molecule has 104 valence electrons. The Balaban J connectivity index is 2.21. The molecule has 1 aliphatic heterocycles. The third-order valence-corrected chi connectivity index (χ3v) is 3.53. The van der Waals surface area contributed by atoms with E-state index in [1.54, 1.807) is 0 Å². The summed E-state index contributed by atoms with van der Waals surface area (Å²) in [5, 5.41) is 3.31. The number of carbonyl (C=O) groups excluding carboxylic acids is 1. The molecule has 1 heterocycles. The molecule has 1 aromatic carbocycles. The Bertz CT molecular complexity index is 466. The second-order valence-corrected chi connectivity index (χ2v) is 6.03. The Morgan fingerprint density at radius 1 is 1.21 bits per heavy atom. The molecule has 0 saturated carbocycles. The van der Waals surface area contributed by atoms with Crippen LogP contribution in [0.1, 0.15) is 49.2 Å². The summed E-state index contributed by atoms with van der Waals surface area (Å²) < 4.78 is 0. The van der Waals surface area contributed by atoms with Gasteiger partial charge in [-0.15, -0.1) is 0 Å². The first-order chi connectivity index (χ1) is 8.99. The summed E-state index contributed by atoms with van der Waals surface area (Å²) in [6, 6.07) is 6.33. The number of benzene rings is 1. The van der Waals surface area contributed by atoms with Crippen molar-refractivity contribution in [1.82, 2.24) is 10.2 Å². The molecule has 0 atom stereocenters. The van der Waals surface area contributed by atoms with Crippen LogP contribution in [-0.4, -0.2) is 23.4 Å². The van der Waals surface area contributed by atoms with Gasteiger partial charge in [-0.2, -0.15) is 0 Å². The molecule has 0 aromatic heterocycles. The van der Waals surface area contributed by atoms with Crippen LogP contribution in [0.15, 0.2) is 18.2 Å². The molecule has 1 aromatic rings. The molecule has 1 amide bonds. The van der Waals surface area contributed by atoms with Gasteiger partial charge in [-0.3, -0.25) is 4.79 Å². The van der Waals surface area contributed by atoms with Gasteiger partial charge in [0.1, 0.15) is 0 Å². The van der Waals surface area contributed by atoms with Crippen molar-refractivity contribution >= 4 is 5.91 Å². The van der Waals surface area contributed by atoms with Gasteiger partial charge in [0.2, 0.25) is 0 Å². The van der Waals surface area contributed by atoms with Crippen LogP contribution in [0.3, 0.4) is 0 Å². The zero-order valence-electron chi connectivity index (χ0n) is 12.4. The van der Waals surface area contributed by atoms with Gasteiger partial charge in [0, 0.05) is 31.2 Å². The summed E-state index contributed by atoms with van der Waals surface area (Å²) in [6.45, 7) is 11.1. The van der Waals surface area contributed by atoms with Gasteiger partial charge in [-0.05, 0) is 43.0 Å². The molecule has 1 N–H and O–H groups in total. The molecule has 0 aliphatic carbocycles. The van der Waals surface area contributed by atoms with Crippen LogP contribution >= 0.6 is 0 Å². The van der Waals surface area contributed by atoms with Gasteiger partial charge in [0.15, 0.2) is 0 Å². The molecule has 0 spiro atoms. The van der Waals surface area contributed by atoms with E-state index in [1.165, 1.54) is 11.1 Å². The standard InChI is InChI=1S/C16H24N2O/c1-11(2)10-18(12(3)4)16(19)13-5-6-14-8-17-9-15(14)7-13/h5-7,11-12,17H,8-10H2,1-4H3. The number of amides is 1. The van der Waals surface area contributed by atoms with Gasteiger partial charge in [-0.25, -0.2) is 0 Å². The molecule has 3 nitrogen and oxygen atoms in total. The van der Waals surface area contributed by atoms with Crippen LogP contribution in [0.5, 0.6) is 0 Å². The second kappa shape index (κ2) is 5.74. The molecule has 1 aliphatic rings. The van der Waals surface area contributed by atoms with Crippen LogP contribution in [0, 0.1) is 5.92 Å². The molecule has 19 heavy (non-hydrogen) atoms. The van der Waals surface area contributed by atoms with E-state index < -0.39 is 0 Å². The smallest absolute Gasteiger partial charge is 0.254 e. The van der Waals surface area contributed by atoms with Gasteiger partial charge in [0.05, 0.1) is 0 Å². The Hall–Kier alpha value is -1.35. The van der Waals surface area contributed by atoms with Crippen molar-refractivity contribution < 1.29 is 4.79 Å². The second-order valence-electron chi connectivity index (χ2n) is 6.03. The van der Waals surface area contributed by atoms with E-state index in [0.29, 0.717) is 5.92 Å². The van der Waals surface area contributed by atoms with E-state index in [4.69, 9.17) is 0 Å². The first kappa shape index (κ1) is 14.1. The Morgan fingerprint density at radius 2 is 1.89 bits per heavy atom. The number of hydrogen-bond acceptors (Lipinski definition) is 2. The van der Waals surface area contributed by atoms with Crippen molar-refractivity contribution in [3.63, 3.8) is 0 Å². The Morgan fingerprint density at radius 3 is 2.53 bits per heavy atom. The van der Waals surface area contributed by atoms with E-state index in [1.807, 2.05) is 17.0 Å². The molecule has 0 saturated heterocycles. The number of carbonyl (C=O) groups is 1. The maximum atomic E-state index is 12.6.